The Hall–Kier alpha value is -1.41. The number of hydrogen-bond donors (Lipinski definition) is 4. The minimum Gasteiger partial charge on any atom is -0.508 e. The second-order valence-electron chi connectivity index (χ2n) is 9.83. The Balaban J connectivity index is 0. The second-order valence-corrected chi connectivity index (χ2v) is 9.83. The van der Waals surface area contributed by atoms with Gasteiger partial charge in [0.25, 0.3) is 0 Å². The van der Waals surface area contributed by atoms with Gasteiger partial charge in [0.05, 0.1) is 0 Å². The molecule has 7 heteroatoms. The molecule has 0 aromatic heterocycles. The molecule has 0 spiro atoms. The fourth-order valence-corrected chi connectivity index (χ4v) is 3.01. The summed E-state index contributed by atoms with van der Waals surface area (Å²) >= 11 is 0. The van der Waals surface area contributed by atoms with Crippen LogP contribution in [0.25, 0.3) is 0 Å². The quantitative estimate of drug-likeness (QED) is 0.394. The molecule has 4 N–H and O–H groups in total. The van der Waals surface area contributed by atoms with Gasteiger partial charge in [-0.05, 0) is 104 Å². The van der Waals surface area contributed by atoms with Crippen molar-refractivity contribution in [1.82, 2.24) is 9.80 Å². The Morgan fingerprint density at radius 3 is 1.20 bits per heavy atom. The number of hydrogen-bond acceptors (Lipinski definition) is 6. The first kappa shape index (κ1) is 35.8. The van der Waals surface area contributed by atoms with Crippen LogP contribution in [0, 0.1) is 27.7 Å². The Bertz CT molecular complexity index is 800. The summed E-state index contributed by atoms with van der Waals surface area (Å²) in [6, 6.07) is 7.80. The number of aryl methyl sites for hydroxylation is 4. The van der Waals surface area contributed by atoms with E-state index in [-0.39, 0.29) is 33.9 Å². The molecule has 0 unspecified atom stereocenters. The zero-order valence-electron chi connectivity index (χ0n) is 23.5. The van der Waals surface area contributed by atoms with Crippen LogP contribution in [0.15, 0.2) is 24.3 Å². The van der Waals surface area contributed by atoms with Crippen molar-refractivity contribution in [3.63, 3.8) is 0 Å². The van der Waals surface area contributed by atoms with Crippen LogP contribution in [-0.4, -0.2) is 69.6 Å². The SMILES string of the molecule is CC(C)O.CC(C)O.Cc1cc(O)c(CN(CCN(C)C)Cc2cc(C)c(C)cc2O)cc1C.[Ti+2]. The van der Waals surface area contributed by atoms with Crippen LogP contribution < -0.4 is 0 Å². The van der Waals surface area contributed by atoms with E-state index in [1.807, 2.05) is 26.0 Å². The molecule has 2 aromatic rings. The van der Waals surface area contributed by atoms with Gasteiger partial charge in [-0.3, -0.25) is 4.90 Å². The number of benzene rings is 2. The third-order valence-corrected chi connectivity index (χ3v) is 5.04. The molecular formula is C28H48N2O4Ti+2. The third kappa shape index (κ3) is 16.1. The molecule has 0 heterocycles. The van der Waals surface area contributed by atoms with Crippen molar-refractivity contribution in [3.8, 4) is 11.5 Å². The minimum atomic E-state index is -0.167. The van der Waals surface area contributed by atoms with Crippen LogP contribution in [-0.2, 0) is 34.8 Å². The predicted molar refractivity (Wildman–Crippen MR) is 143 cm³/mol. The van der Waals surface area contributed by atoms with E-state index in [4.69, 9.17) is 10.2 Å². The number of aromatic hydroxyl groups is 2. The summed E-state index contributed by atoms with van der Waals surface area (Å²) in [4.78, 5) is 4.42. The van der Waals surface area contributed by atoms with Gasteiger partial charge in [0.15, 0.2) is 0 Å². The Morgan fingerprint density at radius 2 is 0.914 bits per heavy atom. The van der Waals surface area contributed by atoms with Crippen LogP contribution in [0.3, 0.4) is 0 Å². The monoisotopic (exact) mass is 524 g/mol. The van der Waals surface area contributed by atoms with E-state index in [1.54, 1.807) is 27.7 Å². The maximum absolute atomic E-state index is 10.4. The van der Waals surface area contributed by atoms with Crippen molar-refractivity contribution in [3.05, 3.63) is 57.6 Å². The van der Waals surface area contributed by atoms with Gasteiger partial charge < -0.3 is 25.3 Å². The van der Waals surface area contributed by atoms with E-state index in [0.717, 1.165) is 35.3 Å². The van der Waals surface area contributed by atoms with Crippen molar-refractivity contribution in [2.45, 2.75) is 80.7 Å². The first-order valence-corrected chi connectivity index (χ1v) is 11.9. The molecule has 2 aromatic carbocycles. The molecule has 35 heavy (non-hydrogen) atoms. The molecule has 0 fully saturated rings. The molecule has 0 amide bonds. The zero-order chi connectivity index (χ0) is 26.6. The molecule has 0 saturated heterocycles. The molecule has 0 saturated carbocycles. The van der Waals surface area contributed by atoms with Crippen molar-refractivity contribution < 1.29 is 42.1 Å². The van der Waals surface area contributed by atoms with Gasteiger partial charge in [-0.1, -0.05) is 12.1 Å². The fraction of sp³-hybridized carbons (Fsp3) is 0.571. The van der Waals surface area contributed by atoms with Crippen LogP contribution in [0.5, 0.6) is 11.5 Å². The number of phenolic OH excluding ortho intramolecular Hbond substituents is 2. The second kappa shape index (κ2) is 17.9. The van der Waals surface area contributed by atoms with Crippen molar-refractivity contribution in [1.29, 1.82) is 0 Å². The summed E-state index contributed by atoms with van der Waals surface area (Å²) in [5, 5.41) is 36.8. The first-order chi connectivity index (χ1) is 15.6. The Morgan fingerprint density at radius 1 is 0.629 bits per heavy atom. The molecule has 0 radical (unpaired) electrons. The molecule has 6 nitrogen and oxygen atoms in total. The number of aliphatic hydroxyl groups excluding tert-OH is 2. The summed E-state index contributed by atoms with van der Waals surface area (Å²) in [6.07, 6.45) is -0.333. The van der Waals surface area contributed by atoms with E-state index in [2.05, 4.69) is 49.9 Å². The Labute approximate surface area is 228 Å². The maximum Gasteiger partial charge on any atom is 2.00 e. The van der Waals surface area contributed by atoms with Gasteiger partial charge >= 0.3 is 21.7 Å². The molecule has 0 aliphatic carbocycles. The van der Waals surface area contributed by atoms with E-state index in [1.165, 1.54) is 11.1 Å². The van der Waals surface area contributed by atoms with Gasteiger partial charge in [0.1, 0.15) is 11.5 Å². The summed E-state index contributed by atoms with van der Waals surface area (Å²) < 4.78 is 0. The van der Waals surface area contributed by atoms with E-state index >= 15 is 0 Å². The number of nitrogens with zero attached hydrogens (tertiary/aromatic N) is 2. The maximum atomic E-state index is 10.4. The molecule has 0 bridgehead atoms. The van der Waals surface area contributed by atoms with Crippen molar-refractivity contribution in [2.24, 2.45) is 0 Å². The first-order valence-electron chi connectivity index (χ1n) is 11.9. The van der Waals surface area contributed by atoms with Crippen LogP contribution >= 0.6 is 0 Å². The molecule has 0 aliphatic rings. The average molecular weight is 525 g/mol. The van der Waals surface area contributed by atoms with Gasteiger partial charge in [-0.2, -0.15) is 0 Å². The number of rotatable bonds is 7. The van der Waals surface area contributed by atoms with Crippen LogP contribution in [0.1, 0.15) is 61.1 Å². The van der Waals surface area contributed by atoms with E-state index in [0.29, 0.717) is 24.6 Å². The van der Waals surface area contributed by atoms with Gasteiger partial charge in [-0.15, -0.1) is 0 Å². The van der Waals surface area contributed by atoms with Crippen molar-refractivity contribution in [2.75, 3.05) is 27.2 Å². The molecule has 196 valence electrons. The average Bonchev–Trinajstić information content (AvgIpc) is 2.67. The van der Waals surface area contributed by atoms with E-state index < -0.39 is 0 Å². The number of phenols is 2. The summed E-state index contributed by atoms with van der Waals surface area (Å²) in [6.45, 7) is 18.1. The van der Waals surface area contributed by atoms with Gasteiger partial charge in [0, 0.05) is 49.5 Å². The molecule has 0 aliphatic heterocycles. The molecule has 2 rings (SSSR count). The zero-order valence-corrected chi connectivity index (χ0v) is 25.0. The summed E-state index contributed by atoms with van der Waals surface area (Å²) in [5.41, 5.74) is 6.40. The van der Waals surface area contributed by atoms with Gasteiger partial charge in [0.2, 0.25) is 0 Å². The largest absolute Gasteiger partial charge is 2.00 e. The van der Waals surface area contributed by atoms with E-state index in [9.17, 15) is 10.2 Å². The topological polar surface area (TPSA) is 87.4 Å². The molecule has 0 atom stereocenters. The smallest absolute Gasteiger partial charge is 0.508 e. The van der Waals surface area contributed by atoms with Gasteiger partial charge in [-0.25, -0.2) is 0 Å². The predicted octanol–water partition coefficient (Wildman–Crippen LogP) is 4.67. The fourth-order valence-electron chi connectivity index (χ4n) is 3.01. The standard InChI is InChI=1S/C22H32N2O2.2C3H8O.Ti/c1-15-9-19(21(25)11-17(15)3)13-24(8-7-23(5)6)14-20-10-16(2)18(4)12-22(20)26;2*1-3(2)4;/h9-12,25-26H,7-8,13-14H2,1-6H3;2*3-4H,1-2H3;/q;;;+2. The summed E-state index contributed by atoms with van der Waals surface area (Å²) in [5.74, 6) is 0.680. The number of likely N-dealkylation sites (N-methyl/N-ethyl adjacent to an activating group) is 1. The Kier molecular flexibility index (Phi) is 18.3. The van der Waals surface area contributed by atoms with Crippen LogP contribution in [0.4, 0.5) is 0 Å². The normalized spacial score (nSPS) is 10.6. The van der Waals surface area contributed by atoms with Crippen molar-refractivity contribution >= 4 is 0 Å². The minimum absolute atomic E-state index is 0. The molecular weight excluding hydrogens is 476 g/mol. The van der Waals surface area contributed by atoms with Crippen LogP contribution in [0.2, 0.25) is 0 Å². The third-order valence-electron chi connectivity index (χ3n) is 5.04. The number of aliphatic hydroxyl groups is 2. The summed E-state index contributed by atoms with van der Waals surface area (Å²) in [7, 11) is 4.11.